The first kappa shape index (κ1) is 15.7. The fourth-order valence-electron chi connectivity index (χ4n) is 3.28. The number of rotatable bonds is 2. The third-order valence-corrected chi connectivity index (χ3v) is 6.43. The lowest BCUT2D eigenvalue weighted by molar-refractivity contribution is -0.00326. The van der Waals surface area contributed by atoms with E-state index in [1.54, 1.807) is 16.4 Å². The molecule has 0 aromatic heterocycles. The summed E-state index contributed by atoms with van der Waals surface area (Å²) < 4.78 is 33.6. The number of fused-ring (bicyclic) bond motifs is 1. The van der Waals surface area contributed by atoms with Crippen LogP contribution in [0.15, 0.2) is 41.3 Å². The lowest BCUT2D eigenvalue weighted by atomic mass is 9.92. The number of ether oxygens (including phenoxy) is 1. The van der Waals surface area contributed by atoms with Gasteiger partial charge in [0.2, 0.25) is 10.0 Å². The van der Waals surface area contributed by atoms with Gasteiger partial charge in [0.25, 0.3) is 0 Å². The van der Waals surface area contributed by atoms with Gasteiger partial charge in [-0.3, -0.25) is 0 Å². The SMILES string of the molecule is Cc1ccc(S(=O)(=O)N2C/C=C\CO[C@@H]3CCCC[C@H]32)cc1. The van der Waals surface area contributed by atoms with Gasteiger partial charge in [-0.1, -0.05) is 42.7 Å². The molecule has 0 radical (unpaired) electrons. The fraction of sp³-hybridized carbons (Fsp3) is 0.529. The topological polar surface area (TPSA) is 46.6 Å². The van der Waals surface area contributed by atoms with Gasteiger partial charge in [0.1, 0.15) is 0 Å². The Labute approximate surface area is 132 Å². The predicted octanol–water partition coefficient (Wildman–Crippen LogP) is 2.88. The Bertz CT molecular complexity index is 636. The summed E-state index contributed by atoms with van der Waals surface area (Å²) in [6.45, 7) is 2.97. The second kappa shape index (κ2) is 6.52. The minimum atomic E-state index is -3.49. The molecule has 3 rings (SSSR count). The molecule has 1 aliphatic heterocycles. The smallest absolute Gasteiger partial charge is 0.243 e. The highest BCUT2D eigenvalue weighted by molar-refractivity contribution is 7.89. The van der Waals surface area contributed by atoms with Crippen LogP contribution >= 0.6 is 0 Å². The van der Waals surface area contributed by atoms with E-state index in [4.69, 9.17) is 4.74 Å². The van der Waals surface area contributed by atoms with Gasteiger partial charge in [-0.25, -0.2) is 8.42 Å². The molecule has 1 heterocycles. The summed E-state index contributed by atoms with van der Waals surface area (Å²) in [4.78, 5) is 0.372. The second-order valence-electron chi connectivity index (χ2n) is 6.08. The molecule has 0 N–H and O–H groups in total. The molecule has 2 aliphatic rings. The van der Waals surface area contributed by atoms with Crippen LogP contribution in [-0.2, 0) is 14.8 Å². The highest BCUT2D eigenvalue weighted by atomic mass is 32.2. The Morgan fingerprint density at radius 1 is 1.09 bits per heavy atom. The van der Waals surface area contributed by atoms with Crippen LogP contribution in [0, 0.1) is 6.92 Å². The van der Waals surface area contributed by atoms with E-state index in [-0.39, 0.29) is 12.1 Å². The average Bonchev–Trinajstić information content (AvgIpc) is 2.48. The Hall–Kier alpha value is -1.17. The first-order valence-corrected chi connectivity index (χ1v) is 9.38. The van der Waals surface area contributed by atoms with Gasteiger partial charge in [0.15, 0.2) is 0 Å². The van der Waals surface area contributed by atoms with Crippen LogP contribution in [0.2, 0.25) is 0 Å². The third kappa shape index (κ3) is 3.12. The van der Waals surface area contributed by atoms with Crippen LogP contribution in [0.1, 0.15) is 31.2 Å². The van der Waals surface area contributed by atoms with E-state index in [1.165, 1.54) is 0 Å². The average molecular weight is 321 g/mol. The third-order valence-electron chi connectivity index (χ3n) is 4.52. The van der Waals surface area contributed by atoms with Crippen LogP contribution in [0.4, 0.5) is 0 Å². The number of nitrogens with zero attached hydrogens (tertiary/aromatic N) is 1. The quantitative estimate of drug-likeness (QED) is 0.787. The minimum absolute atomic E-state index is 0.0129. The summed E-state index contributed by atoms with van der Waals surface area (Å²) in [5.41, 5.74) is 1.06. The Kier molecular flexibility index (Phi) is 4.66. The summed E-state index contributed by atoms with van der Waals surface area (Å²) in [5.74, 6) is 0. The van der Waals surface area contributed by atoms with E-state index in [2.05, 4.69) is 0 Å². The molecule has 0 bridgehead atoms. The first-order chi connectivity index (χ1) is 10.6. The highest BCUT2D eigenvalue weighted by Crippen LogP contribution is 2.30. The zero-order chi connectivity index (χ0) is 15.6. The molecule has 1 aliphatic carbocycles. The number of hydrogen-bond acceptors (Lipinski definition) is 3. The molecule has 1 saturated carbocycles. The summed E-state index contributed by atoms with van der Waals surface area (Å²) >= 11 is 0. The van der Waals surface area contributed by atoms with Crippen LogP contribution in [0.3, 0.4) is 0 Å². The monoisotopic (exact) mass is 321 g/mol. The molecule has 4 nitrogen and oxygen atoms in total. The summed E-state index contributed by atoms with van der Waals surface area (Å²) in [7, 11) is -3.49. The van der Waals surface area contributed by atoms with E-state index in [9.17, 15) is 8.42 Å². The maximum atomic E-state index is 13.1. The Balaban J connectivity index is 1.96. The second-order valence-corrected chi connectivity index (χ2v) is 7.97. The Morgan fingerprint density at radius 3 is 2.59 bits per heavy atom. The normalized spacial score (nSPS) is 28.4. The van der Waals surface area contributed by atoms with Gasteiger partial charge < -0.3 is 4.74 Å². The van der Waals surface area contributed by atoms with E-state index < -0.39 is 10.0 Å². The van der Waals surface area contributed by atoms with Crippen LogP contribution < -0.4 is 0 Å². The molecule has 1 fully saturated rings. The van der Waals surface area contributed by atoms with Gasteiger partial charge in [-0.05, 0) is 31.9 Å². The molecule has 0 unspecified atom stereocenters. The van der Waals surface area contributed by atoms with Crippen molar-refractivity contribution in [2.75, 3.05) is 13.2 Å². The van der Waals surface area contributed by atoms with Gasteiger partial charge in [0.05, 0.1) is 23.6 Å². The van der Waals surface area contributed by atoms with Crippen LogP contribution in [0.5, 0.6) is 0 Å². The molecule has 1 aromatic rings. The molecule has 0 amide bonds. The van der Waals surface area contributed by atoms with Crippen molar-refractivity contribution in [3.05, 3.63) is 42.0 Å². The molecule has 120 valence electrons. The predicted molar refractivity (Wildman–Crippen MR) is 86.2 cm³/mol. The maximum absolute atomic E-state index is 13.1. The molecule has 22 heavy (non-hydrogen) atoms. The van der Waals surface area contributed by atoms with Crippen molar-refractivity contribution >= 4 is 10.0 Å². The van der Waals surface area contributed by atoms with E-state index in [1.807, 2.05) is 31.2 Å². The van der Waals surface area contributed by atoms with Gasteiger partial charge in [-0.2, -0.15) is 4.31 Å². The van der Waals surface area contributed by atoms with Crippen molar-refractivity contribution in [2.24, 2.45) is 0 Å². The molecular weight excluding hydrogens is 298 g/mol. The molecule has 2 atom stereocenters. The molecule has 0 spiro atoms. The largest absolute Gasteiger partial charge is 0.372 e. The van der Waals surface area contributed by atoms with Gasteiger partial charge in [0, 0.05) is 6.54 Å². The summed E-state index contributed by atoms with van der Waals surface area (Å²) in [6.07, 6.45) is 7.83. The Morgan fingerprint density at radius 2 is 1.82 bits per heavy atom. The highest BCUT2D eigenvalue weighted by Gasteiger charge is 2.38. The molecule has 5 heteroatoms. The standard InChI is InChI=1S/C17H23NO3S/c1-14-8-10-15(11-9-14)22(19,20)18-12-4-5-13-21-17-7-3-2-6-16(17)18/h4-5,8-11,16-17H,2-3,6-7,12-13H2,1H3/b5-4-/t16-,17-/m1/s1. The summed E-state index contributed by atoms with van der Waals surface area (Å²) in [5, 5.41) is 0. The zero-order valence-corrected chi connectivity index (χ0v) is 13.8. The lowest BCUT2D eigenvalue weighted by Crippen LogP contribution is -2.50. The van der Waals surface area contributed by atoms with E-state index in [0.717, 1.165) is 31.2 Å². The number of sulfonamides is 1. The molecule has 0 saturated heterocycles. The molecule has 1 aromatic carbocycles. The van der Waals surface area contributed by atoms with Crippen molar-refractivity contribution in [2.45, 2.75) is 49.6 Å². The minimum Gasteiger partial charge on any atom is -0.372 e. The van der Waals surface area contributed by atoms with E-state index in [0.29, 0.717) is 18.0 Å². The van der Waals surface area contributed by atoms with Crippen molar-refractivity contribution in [3.8, 4) is 0 Å². The van der Waals surface area contributed by atoms with Gasteiger partial charge >= 0.3 is 0 Å². The number of hydrogen-bond donors (Lipinski definition) is 0. The van der Waals surface area contributed by atoms with Crippen LogP contribution in [0.25, 0.3) is 0 Å². The van der Waals surface area contributed by atoms with E-state index >= 15 is 0 Å². The van der Waals surface area contributed by atoms with Crippen molar-refractivity contribution < 1.29 is 13.2 Å². The van der Waals surface area contributed by atoms with Crippen molar-refractivity contribution in [1.29, 1.82) is 0 Å². The van der Waals surface area contributed by atoms with Crippen LogP contribution in [-0.4, -0.2) is 38.0 Å². The first-order valence-electron chi connectivity index (χ1n) is 7.94. The molecular formula is C17H23NO3S. The number of benzene rings is 1. The lowest BCUT2D eigenvalue weighted by Gasteiger charge is -2.39. The number of aryl methyl sites for hydroxylation is 1. The van der Waals surface area contributed by atoms with Crippen molar-refractivity contribution in [1.82, 2.24) is 4.31 Å². The van der Waals surface area contributed by atoms with Crippen molar-refractivity contribution in [3.63, 3.8) is 0 Å². The van der Waals surface area contributed by atoms with Gasteiger partial charge in [-0.15, -0.1) is 0 Å². The zero-order valence-electron chi connectivity index (χ0n) is 12.9. The fourth-order valence-corrected chi connectivity index (χ4v) is 4.91. The summed E-state index contributed by atoms with van der Waals surface area (Å²) in [6, 6.07) is 7.05. The maximum Gasteiger partial charge on any atom is 0.243 e.